The van der Waals surface area contributed by atoms with Crippen molar-refractivity contribution in [2.75, 3.05) is 12.8 Å². The predicted molar refractivity (Wildman–Crippen MR) is 92.5 cm³/mol. The average Bonchev–Trinajstić information content (AvgIpc) is 2.45. The van der Waals surface area contributed by atoms with Gasteiger partial charge in [-0.05, 0) is 81.4 Å². The van der Waals surface area contributed by atoms with Gasteiger partial charge < -0.3 is 5.32 Å². The SMILES string of the molecule is CSC1CCC(NCC2CCC(C(C)(C)C)CC2)CC1. The molecule has 118 valence electrons. The van der Waals surface area contributed by atoms with Crippen LogP contribution in [0.15, 0.2) is 0 Å². The molecule has 0 aliphatic heterocycles. The van der Waals surface area contributed by atoms with Gasteiger partial charge in [-0.2, -0.15) is 11.8 Å². The van der Waals surface area contributed by atoms with Gasteiger partial charge in [0.25, 0.3) is 0 Å². The number of hydrogen-bond acceptors (Lipinski definition) is 2. The van der Waals surface area contributed by atoms with Gasteiger partial charge >= 0.3 is 0 Å². The number of hydrogen-bond donors (Lipinski definition) is 1. The van der Waals surface area contributed by atoms with Crippen molar-refractivity contribution in [1.29, 1.82) is 0 Å². The molecular weight excluding hydrogens is 262 g/mol. The van der Waals surface area contributed by atoms with Crippen molar-refractivity contribution in [1.82, 2.24) is 5.32 Å². The van der Waals surface area contributed by atoms with E-state index < -0.39 is 0 Å². The molecule has 0 radical (unpaired) electrons. The summed E-state index contributed by atoms with van der Waals surface area (Å²) in [6, 6.07) is 0.818. The smallest absolute Gasteiger partial charge is 0.00679 e. The molecule has 0 aromatic carbocycles. The Hall–Kier alpha value is 0.310. The third-order valence-electron chi connectivity index (χ3n) is 5.77. The maximum Gasteiger partial charge on any atom is 0.00679 e. The summed E-state index contributed by atoms with van der Waals surface area (Å²) in [6.07, 6.45) is 13.7. The van der Waals surface area contributed by atoms with E-state index in [1.54, 1.807) is 0 Å². The van der Waals surface area contributed by atoms with Gasteiger partial charge in [-0.15, -0.1) is 0 Å². The number of thioether (sulfide) groups is 1. The molecular formula is C18H35NS. The highest BCUT2D eigenvalue weighted by atomic mass is 32.2. The minimum absolute atomic E-state index is 0.522. The van der Waals surface area contributed by atoms with E-state index >= 15 is 0 Å². The Labute approximate surface area is 131 Å². The monoisotopic (exact) mass is 297 g/mol. The van der Waals surface area contributed by atoms with Crippen molar-refractivity contribution in [2.24, 2.45) is 17.3 Å². The van der Waals surface area contributed by atoms with Crippen molar-refractivity contribution >= 4 is 11.8 Å². The van der Waals surface area contributed by atoms with Gasteiger partial charge in [0.2, 0.25) is 0 Å². The van der Waals surface area contributed by atoms with E-state index in [2.05, 4.69) is 44.1 Å². The second-order valence-corrected chi connectivity index (χ2v) is 9.34. The Morgan fingerprint density at radius 1 is 0.900 bits per heavy atom. The van der Waals surface area contributed by atoms with E-state index in [1.807, 2.05) is 0 Å². The average molecular weight is 298 g/mol. The fourth-order valence-corrected chi connectivity index (χ4v) is 4.81. The van der Waals surface area contributed by atoms with Gasteiger partial charge in [-0.3, -0.25) is 0 Å². The van der Waals surface area contributed by atoms with Gasteiger partial charge in [0.15, 0.2) is 0 Å². The molecule has 0 heterocycles. The lowest BCUT2D eigenvalue weighted by Crippen LogP contribution is -2.38. The van der Waals surface area contributed by atoms with Crippen LogP contribution in [0.4, 0.5) is 0 Å². The van der Waals surface area contributed by atoms with E-state index in [0.29, 0.717) is 5.41 Å². The van der Waals surface area contributed by atoms with Crippen LogP contribution >= 0.6 is 11.8 Å². The first-order valence-electron chi connectivity index (χ1n) is 8.75. The lowest BCUT2D eigenvalue weighted by molar-refractivity contribution is 0.146. The highest BCUT2D eigenvalue weighted by Gasteiger charge is 2.30. The molecule has 0 amide bonds. The van der Waals surface area contributed by atoms with Crippen molar-refractivity contribution in [3.63, 3.8) is 0 Å². The summed E-state index contributed by atoms with van der Waals surface area (Å²) in [6.45, 7) is 8.53. The van der Waals surface area contributed by atoms with Crippen LogP contribution in [0.3, 0.4) is 0 Å². The summed E-state index contributed by atoms with van der Waals surface area (Å²) in [7, 11) is 0. The first-order chi connectivity index (χ1) is 9.49. The summed E-state index contributed by atoms with van der Waals surface area (Å²) in [5.74, 6) is 1.91. The fraction of sp³-hybridized carbons (Fsp3) is 1.00. The molecule has 0 unspecified atom stereocenters. The van der Waals surface area contributed by atoms with Gasteiger partial charge in [-0.25, -0.2) is 0 Å². The van der Waals surface area contributed by atoms with Crippen molar-refractivity contribution in [3.05, 3.63) is 0 Å². The molecule has 2 aliphatic rings. The molecule has 2 rings (SSSR count). The Morgan fingerprint density at radius 3 is 2.00 bits per heavy atom. The molecule has 0 saturated heterocycles. The third kappa shape index (κ3) is 4.94. The standard InChI is InChI=1S/C18H35NS/c1-18(2,3)15-7-5-14(6-8-15)13-19-16-9-11-17(20-4)12-10-16/h14-17,19H,5-13H2,1-4H3. The summed E-state index contributed by atoms with van der Waals surface area (Å²) in [5, 5.41) is 4.82. The van der Waals surface area contributed by atoms with Crippen LogP contribution in [0, 0.1) is 17.3 Å². The predicted octanol–water partition coefficient (Wildman–Crippen LogP) is 5.10. The van der Waals surface area contributed by atoms with Crippen LogP contribution in [-0.4, -0.2) is 24.1 Å². The van der Waals surface area contributed by atoms with Crippen LogP contribution in [0.1, 0.15) is 72.1 Å². The van der Waals surface area contributed by atoms with E-state index in [-0.39, 0.29) is 0 Å². The van der Waals surface area contributed by atoms with Crippen LogP contribution in [-0.2, 0) is 0 Å². The highest BCUT2D eigenvalue weighted by molar-refractivity contribution is 7.99. The summed E-state index contributed by atoms with van der Waals surface area (Å²) in [5.41, 5.74) is 0.522. The zero-order chi connectivity index (χ0) is 14.6. The maximum atomic E-state index is 3.88. The normalized spacial score (nSPS) is 36.0. The van der Waals surface area contributed by atoms with E-state index in [0.717, 1.165) is 23.1 Å². The molecule has 0 aromatic rings. The summed E-state index contributed by atoms with van der Waals surface area (Å²) >= 11 is 2.07. The number of nitrogens with one attached hydrogen (secondary N) is 1. The second kappa shape index (κ2) is 7.54. The fourth-order valence-electron chi connectivity index (χ4n) is 4.07. The van der Waals surface area contributed by atoms with Gasteiger partial charge in [0, 0.05) is 11.3 Å². The molecule has 0 aromatic heterocycles. The second-order valence-electron chi connectivity index (χ2n) is 8.20. The minimum atomic E-state index is 0.522. The Morgan fingerprint density at radius 2 is 1.50 bits per heavy atom. The maximum absolute atomic E-state index is 3.88. The largest absolute Gasteiger partial charge is 0.314 e. The first kappa shape index (κ1) is 16.7. The van der Waals surface area contributed by atoms with Crippen LogP contribution in [0.25, 0.3) is 0 Å². The molecule has 0 bridgehead atoms. The van der Waals surface area contributed by atoms with Crippen molar-refractivity contribution < 1.29 is 0 Å². The lowest BCUT2D eigenvalue weighted by atomic mass is 9.70. The zero-order valence-electron chi connectivity index (χ0n) is 14.1. The molecule has 2 saturated carbocycles. The van der Waals surface area contributed by atoms with Crippen LogP contribution in [0.2, 0.25) is 0 Å². The van der Waals surface area contributed by atoms with E-state index in [9.17, 15) is 0 Å². The molecule has 2 heteroatoms. The highest BCUT2D eigenvalue weighted by Crippen LogP contribution is 2.39. The van der Waals surface area contributed by atoms with Crippen LogP contribution < -0.4 is 5.32 Å². The lowest BCUT2D eigenvalue weighted by Gasteiger charge is -2.37. The Bertz CT molecular complexity index is 268. The molecule has 1 nitrogen and oxygen atoms in total. The summed E-state index contributed by atoms with van der Waals surface area (Å²) < 4.78 is 0. The third-order valence-corrected chi connectivity index (χ3v) is 6.91. The molecule has 0 atom stereocenters. The van der Waals surface area contributed by atoms with Crippen molar-refractivity contribution in [2.45, 2.75) is 83.4 Å². The topological polar surface area (TPSA) is 12.0 Å². The minimum Gasteiger partial charge on any atom is -0.314 e. The van der Waals surface area contributed by atoms with Crippen LogP contribution in [0.5, 0.6) is 0 Å². The Kier molecular flexibility index (Phi) is 6.28. The molecule has 20 heavy (non-hydrogen) atoms. The van der Waals surface area contributed by atoms with Crippen molar-refractivity contribution in [3.8, 4) is 0 Å². The first-order valence-corrected chi connectivity index (χ1v) is 10.0. The zero-order valence-corrected chi connectivity index (χ0v) is 14.9. The quantitative estimate of drug-likeness (QED) is 0.774. The van der Waals surface area contributed by atoms with Gasteiger partial charge in [0.1, 0.15) is 0 Å². The molecule has 1 N–H and O–H groups in total. The molecule has 0 spiro atoms. The van der Waals surface area contributed by atoms with Gasteiger partial charge in [0.05, 0.1) is 0 Å². The Balaban J connectivity index is 1.62. The van der Waals surface area contributed by atoms with E-state index in [1.165, 1.54) is 57.9 Å². The molecule has 2 fully saturated rings. The summed E-state index contributed by atoms with van der Waals surface area (Å²) in [4.78, 5) is 0. The van der Waals surface area contributed by atoms with Gasteiger partial charge in [-0.1, -0.05) is 20.8 Å². The number of rotatable bonds is 4. The van der Waals surface area contributed by atoms with E-state index in [4.69, 9.17) is 0 Å². The molecule has 2 aliphatic carbocycles.